The van der Waals surface area contributed by atoms with Crippen LogP contribution in [0.2, 0.25) is 0 Å². The predicted octanol–water partition coefficient (Wildman–Crippen LogP) is -3.77. The number of rotatable bonds is 14. The Balaban J connectivity index is 1.59. The van der Waals surface area contributed by atoms with E-state index < -0.39 is 111 Å². The standard InChI is InChI=1S/C28H52O15/c1-4-28(3,5-2)6-15-22(34)21(33)14(16(8-30)41-15)10-39-11-19-24(36)20(32)13(7-29)18(42-19)12-40-27-26(38)25(37)23(35)17(9-31)43-27/h13-27,29-38H,4-12H2,1-3H3/t13-,14-,15+,16?,17?,18?,19+,20?,21?,22?,23+,24?,25?,26?,27+/m1/s1. The molecule has 3 aliphatic rings. The molecule has 0 bridgehead atoms. The van der Waals surface area contributed by atoms with E-state index in [9.17, 15) is 51.1 Å². The second kappa shape index (κ2) is 16.3. The molecule has 15 heteroatoms. The molecule has 0 radical (unpaired) electrons. The van der Waals surface area contributed by atoms with Crippen molar-refractivity contribution < 1.29 is 74.7 Å². The van der Waals surface area contributed by atoms with Crippen molar-refractivity contribution in [1.82, 2.24) is 0 Å². The van der Waals surface area contributed by atoms with Crippen LogP contribution in [-0.2, 0) is 23.7 Å². The Labute approximate surface area is 251 Å². The van der Waals surface area contributed by atoms with Gasteiger partial charge in [-0.3, -0.25) is 0 Å². The average molecular weight is 629 g/mol. The van der Waals surface area contributed by atoms with Gasteiger partial charge in [0.05, 0.1) is 70.2 Å². The van der Waals surface area contributed by atoms with E-state index in [2.05, 4.69) is 6.92 Å². The van der Waals surface area contributed by atoms with Crippen molar-refractivity contribution in [2.45, 2.75) is 120 Å². The summed E-state index contributed by atoms with van der Waals surface area (Å²) in [5.41, 5.74) is -0.112. The van der Waals surface area contributed by atoms with Gasteiger partial charge in [-0.25, -0.2) is 0 Å². The van der Waals surface area contributed by atoms with Crippen LogP contribution in [-0.4, -0.2) is 170 Å². The molecule has 3 saturated heterocycles. The zero-order valence-electron chi connectivity index (χ0n) is 25.0. The zero-order chi connectivity index (χ0) is 32.1. The number of hydrogen-bond acceptors (Lipinski definition) is 15. The second-order valence-electron chi connectivity index (χ2n) is 12.4. The van der Waals surface area contributed by atoms with E-state index in [1.165, 1.54) is 0 Å². The van der Waals surface area contributed by atoms with Crippen LogP contribution in [0.1, 0.15) is 40.0 Å². The molecule has 254 valence electrons. The SMILES string of the molecule is CCC(C)(CC)C[C@@H]1OC(CO)[C@@H](COC[C@@H]2OC(CO[C@H]3OC(CO)[C@H](O)C(O)C3O)[C@@H](CO)C(O)C2O)C(O)C1O. The molecule has 15 atom stereocenters. The number of ether oxygens (including phenoxy) is 5. The lowest BCUT2D eigenvalue weighted by atomic mass is 9.76. The highest BCUT2D eigenvalue weighted by Gasteiger charge is 2.49. The quantitative estimate of drug-likeness (QED) is 0.0887. The Morgan fingerprint density at radius 2 is 1.09 bits per heavy atom. The van der Waals surface area contributed by atoms with Gasteiger partial charge in [-0.1, -0.05) is 33.6 Å². The van der Waals surface area contributed by atoms with Crippen molar-refractivity contribution in [2.24, 2.45) is 17.3 Å². The van der Waals surface area contributed by atoms with Crippen molar-refractivity contribution >= 4 is 0 Å². The zero-order valence-corrected chi connectivity index (χ0v) is 25.0. The lowest BCUT2D eigenvalue weighted by molar-refractivity contribution is -0.313. The molecule has 0 saturated carbocycles. The van der Waals surface area contributed by atoms with Crippen LogP contribution in [0, 0.1) is 17.3 Å². The van der Waals surface area contributed by atoms with Gasteiger partial charge in [-0.2, -0.15) is 0 Å². The minimum absolute atomic E-state index is 0.112. The van der Waals surface area contributed by atoms with E-state index in [0.29, 0.717) is 6.42 Å². The Morgan fingerprint density at radius 1 is 0.535 bits per heavy atom. The van der Waals surface area contributed by atoms with Crippen molar-refractivity contribution in [3.05, 3.63) is 0 Å². The molecule has 3 heterocycles. The topological polar surface area (TPSA) is 248 Å². The summed E-state index contributed by atoms with van der Waals surface area (Å²) >= 11 is 0. The summed E-state index contributed by atoms with van der Waals surface area (Å²) in [5.74, 6) is -1.81. The number of aliphatic hydroxyl groups excluding tert-OH is 10. The molecule has 0 spiro atoms. The van der Waals surface area contributed by atoms with Gasteiger partial charge in [0.25, 0.3) is 0 Å². The predicted molar refractivity (Wildman–Crippen MR) is 146 cm³/mol. The van der Waals surface area contributed by atoms with Crippen molar-refractivity contribution in [1.29, 1.82) is 0 Å². The first-order valence-corrected chi connectivity index (χ1v) is 15.1. The Bertz CT molecular complexity index is 813. The molecule has 0 aromatic carbocycles. The first kappa shape index (κ1) is 36.9. The fourth-order valence-electron chi connectivity index (χ4n) is 6.02. The van der Waals surface area contributed by atoms with Crippen LogP contribution < -0.4 is 0 Å². The van der Waals surface area contributed by atoms with Crippen molar-refractivity contribution in [2.75, 3.05) is 39.6 Å². The Hall–Kier alpha value is -0.600. The monoisotopic (exact) mass is 628 g/mol. The van der Waals surface area contributed by atoms with Crippen LogP contribution in [0.5, 0.6) is 0 Å². The highest BCUT2D eigenvalue weighted by atomic mass is 16.7. The van der Waals surface area contributed by atoms with Crippen LogP contribution in [0.3, 0.4) is 0 Å². The fourth-order valence-corrected chi connectivity index (χ4v) is 6.02. The summed E-state index contributed by atoms with van der Waals surface area (Å²) in [6.45, 7) is 3.67. The lowest BCUT2D eigenvalue weighted by Gasteiger charge is -2.45. The Morgan fingerprint density at radius 3 is 1.67 bits per heavy atom. The highest BCUT2D eigenvalue weighted by molar-refractivity contribution is 4.96. The molecular weight excluding hydrogens is 576 g/mol. The number of hydrogen-bond donors (Lipinski definition) is 10. The molecule has 9 unspecified atom stereocenters. The van der Waals surface area contributed by atoms with Crippen molar-refractivity contribution in [3.8, 4) is 0 Å². The maximum Gasteiger partial charge on any atom is 0.186 e. The molecule has 3 rings (SSSR count). The molecule has 15 nitrogen and oxygen atoms in total. The van der Waals surface area contributed by atoms with Gasteiger partial charge in [0, 0.05) is 11.8 Å². The van der Waals surface area contributed by atoms with Gasteiger partial charge in [0.1, 0.15) is 42.7 Å². The van der Waals surface area contributed by atoms with E-state index in [-0.39, 0.29) is 25.2 Å². The minimum atomic E-state index is -1.67. The first-order valence-electron chi connectivity index (χ1n) is 15.1. The van der Waals surface area contributed by atoms with Crippen molar-refractivity contribution in [3.63, 3.8) is 0 Å². The van der Waals surface area contributed by atoms with E-state index in [1.807, 2.05) is 13.8 Å². The van der Waals surface area contributed by atoms with E-state index in [4.69, 9.17) is 23.7 Å². The maximum absolute atomic E-state index is 10.9. The Kier molecular flexibility index (Phi) is 14.0. The molecule has 0 aromatic rings. The molecule has 3 aliphatic heterocycles. The van der Waals surface area contributed by atoms with Gasteiger partial charge in [-0.05, 0) is 11.8 Å². The molecule has 0 aliphatic carbocycles. The summed E-state index contributed by atoms with van der Waals surface area (Å²) in [5, 5.41) is 102. The van der Waals surface area contributed by atoms with Crippen LogP contribution >= 0.6 is 0 Å². The van der Waals surface area contributed by atoms with Gasteiger partial charge in [-0.15, -0.1) is 0 Å². The highest BCUT2D eigenvalue weighted by Crippen LogP contribution is 2.37. The average Bonchev–Trinajstić information content (AvgIpc) is 3.01. The van der Waals surface area contributed by atoms with E-state index >= 15 is 0 Å². The largest absolute Gasteiger partial charge is 0.396 e. The summed E-state index contributed by atoms with van der Waals surface area (Å²) in [6.07, 6.45) is -14.4. The summed E-state index contributed by atoms with van der Waals surface area (Å²) in [7, 11) is 0. The van der Waals surface area contributed by atoms with Crippen LogP contribution in [0.15, 0.2) is 0 Å². The van der Waals surface area contributed by atoms with Gasteiger partial charge in [0.15, 0.2) is 6.29 Å². The van der Waals surface area contributed by atoms with E-state index in [1.54, 1.807) is 0 Å². The molecule has 10 N–H and O–H groups in total. The van der Waals surface area contributed by atoms with Crippen LogP contribution in [0.4, 0.5) is 0 Å². The summed E-state index contributed by atoms with van der Waals surface area (Å²) in [6, 6.07) is 0. The third kappa shape index (κ3) is 8.41. The van der Waals surface area contributed by atoms with Gasteiger partial charge >= 0.3 is 0 Å². The van der Waals surface area contributed by atoms with Gasteiger partial charge < -0.3 is 74.7 Å². The van der Waals surface area contributed by atoms with E-state index in [0.717, 1.165) is 12.8 Å². The van der Waals surface area contributed by atoms with Gasteiger partial charge in [0.2, 0.25) is 0 Å². The third-order valence-electron chi connectivity index (χ3n) is 9.65. The molecule has 0 amide bonds. The molecule has 43 heavy (non-hydrogen) atoms. The maximum atomic E-state index is 10.9. The lowest BCUT2D eigenvalue weighted by Crippen LogP contribution is -2.61. The normalized spacial score (nSPS) is 44.4. The fraction of sp³-hybridized carbons (Fsp3) is 1.00. The third-order valence-corrected chi connectivity index (χ3v) is 9.65. The van der Waals surface area contributed by atoms with Crippen LogP contribution in [0.25, 0.3) is 0 Å². The summed E-state index contributed by atoms with van der Waals surface area (Å²) in [4.78, 5) is 0. The summed E-state index contributed by atoms with van der Waals surface area (Å²) < 4.78 is 28.5. The number of aliphatic hydroxyl groups is 10. The second-order valence-corrected chi connectivity index (χ2v) is 12.4. The molecule has 3 fully saturated rings. The molecular formula is C28H52O15. The first-order chi connectivity index (χ1) is 20.4. The minimum Gasteiger partial charge on any atom is -0.396 e. The molecule has 0 aromatic heterocycles. The smallest absolute Gasteiger partial charge is 0.186 e.